The fraction of sp³-hybridized carbons (Fsp3) is 0.412. The first kappa shape index (κ1) is 17.8. The average Bonchev–Trinajstić information content (AvgIpc) is 2.60. The van der Waals surface area contributed by atoms with E-state index >= 15 is 0 Å². The number of anilines is 1. The molecule has 1 fully saturated rings. The molecule has 0 aromatic heterocycles. The van der Waals surface area contributed by atoms with Crippen molar-refractivity contribution < 1.29 is 14.3 Å². The summed E-state index contributed by atoms with van der Waals surface area (Å²) in [6.45, 7) is 2.57. The lowest BCUT2D eigenvalue weighted by Gasteiger charge is -2.36. The van der Waals surface area contributed by atoms with Crippen LogP contribution in [0, 0.1) is 17.1 Å². The Kier molecular flexibility index (Phi) is 6.15. The summed E-state index contributed by atoms with van der Waals surface area (Å²) >= 11 is 0. The van der Waals surface area contributed by atoms with Gasteiger partial charge in [-0.1, -0.05) is 0 Å². The number of aliphatic hydroxyl groups excluding tert-OH is 1. The number of amides is 1. The molecular weight excluding hydrogens is 311 g/mol. The van der Waals surface area contributed by atoms with Crippen LogP contribution in [0.2, 0.25) is 0 Å². The molecule has 1 aliphatic heterocycles. The summed E-state index contributed by atoms with van der Waals surface area (Å²) in [5, 5.41) is 18.1. The van der Waals surface area contributed by atoms with Crippen LogP contribution in [0.25, 0.3) is 0 Å². The van der Waals surface area contributed by atoms with Gasteiger partial charge in [0.05, 0.1) is 6.61 Å². The van der Waals surface area contributed by atoms with E-state index in [-0.39, 0.29) is 23.9 Å². The molecular formula is C17H21FN4O2. The Hall–Kier alpha value is -2.59. The van der Waals surface area contributed by atoms with E-state index in [1.165, 1.54) is 18.3 Å². The second kappa shape index (κ2) is 8.31. The fourth-order valence-corrected chi connectivity index (χ4v) is 2.56. The number of benzene rings is 1. The van der Waals surface area contributed by atoms with Crippen molar-refractivity contribution >= 4 is 11.6 Å². The summed E-state index contributed by atoms with van der Waals surface area (Å²) in [6, 6.07) is 8.20. The monoisotopic (exact) mass is 332 g/mol. The van der Waals surface area contributed by atoms with Crippen LogP contribution in [0.3, 0.4) is 0 Å². The molecule has 1 heterocycles. The van der Waals surface area contributed by atoms with E-state index in [2.05, 4.69) is 4.90 Å². The molecule has 0 atom stereocenters. The van der Waals surface area contributed by atoms with E-state index in [0.29, 0.717) is 32.7 Å². The summed E-state index contributed by atoms with van der Waals surface area (Å²) in [5.41, 5.74) is 0.975. The number of carbonyl (C=O) groups excluding carboxylic acids is 1. The van der Waals surface area contributed by atoms with Gasteiger partial charge in [-0.3, -0.25) is 4.79 Å². The maximum Gasteiger partial charge on any atom is 0.266 e. The van der Waals surface area contributed by atoms with Crippen LogP contribution in [0.4, 0.5) is 10.1 Å². The quantitative estimate of drug-likeness (QED) is 0.638. The highest BCUT2D eigenvalue weighted by Crippen LogP contribution is 2.17. The zero-order valence-corrected chi connectivity index (χ0v) is 13.7. The second-order valence-electron chi connectivity index (χ2n) is 5.61. The van der Waals surface area contributed by atoms with Crippen molar-refractivity contribution in [2.75, 3.05) is 51.3 Å². The average molecular weight is 332 g/mol. The highest BCUT2D eigenvalue weighted by molar-refractivity contribution is 5.97. The summed E-state index contributed by atoms with van der Waals surface area (Å²) in [4.78, 5) is 17.8. The molecule has 0 unspecified atom stereocenters. The Morgan fingerprint density at radius 2 is 1.96 bits per heavy atom. The molecule has 0 aliphatic carbocycles. The van der Waals surface area contributed by atoms with Gasteiger partial charge < -0.3 is 19.8 Å². The van der Waals surface area contributed by atoms with Gasteiger partial charge in [0.2, 0.25) is 0 Å². The van der Waals surface area contributed by atoms with Crippen molar-refractivity contribution in [3.8, 4) is 6.07 Å². The molecule has 0 saturated carbocycles. The minimum absolute atomic E-state index is 0.0454. The topological polar surface area (TPSA) is 70.8 Å². The normalized spacial score (nSPS) is 15.2. The zero-order chi connectivity index (χ0) is 17.5. The third-order valence-corrected chi connectivity index (χ3v) is 3.91. The largest absolute Gasteiger partial charge is 0.395 e. The molecule has 24 heavy (non-hydrogen) atoms. The molecule has 0 spiro atoms. The number of nitriles is 1. The first-order chi connectivity index (χ1) is 11.5. The molecule has 7 heteroatoms. The van der Waals surface area contributed by atoms with Crippen LogP contribution in [0.5, 0.6) is 0 Å². The lowest BCUT2D eigenvalue weighted by molar-refractivity contribution is -0.127. The Bertz CT molecular complexity index is 631. The predicted octanol–water partition coefficient (Wildman–Crippen LogP) is 0.806. The summed E-state index contributed by atoms with van der Waals surface area (Å²) in [5.74, 6) is -0.579. The third kappa shape index (κ3) is 4.46. The van der Waals surface area contributed by atoms with Gasteiger partial charge >= 0.3 is 0 Å². The lowest BCUT2D eigenvalue weighted by Crippen LogP contribution is -2.49. The number of halogens is 1. The molecule has 1 saturated heterocycles. The number of hydrogen-bond acceptors (Lipinski definition) is 5. The van der Waals surface area contributed by atoms with E-state index in [1.807, 2.05) is 6.07 Å². The van der Waals surface area contributed by atoms with E-state index in [0.717, 1.165) is 5.69 Å². The summed E-state index contributed by atoms with van der Waals surface area (Å²) in [7, 11) is 1.70. The van der Waals surface area contributed by atoms with Crippen molar-refractivity contribution in [1.29, 1.82) is 5.26 Å². The summed E-state index contributed by atoms with van der Waals surface area (Å²) < 4.78 is 13.0. The summed E-state index contributed by atoms with van der Waals surface area (Å²) in [6.07, 6.45) is 1.46. The second-order valence-corrected chi connectivity index (χ2v) is 5.61. The molecule has 1 N–H and O–H groups in total. The van der Waals surface area contributed by atoms with Crippen molar-refractivity contribution in [2.45, 2.75) is 0 Å². The smallest absolute Gasteiger partial charge is 0.266 e. The molecule has 2 rings (SSSR count). The van der Waals surface area contributed by atoms with Crippen molar-refractivity contribution in [1.82, 2.24) is 9.80 Å². The van der Waals surface area contributed by atoms with Crippen LogP contribution in [0.1, 0.15) is 0 Å². The van der Waals surface area contributed by atoms with Crippen molar-refractivity contribution in [2.24, 2.45) is 0 Å². The van der Waals surface area contributed by atoms with E-state index < -0.39 is 0 Å². The first-order valence-electron chi connectivity index (χ1n) is 7.78. The molecule has 1 aromatic carbocycles. The van der Waals surface area contributed by atoms with E-state index in [1.54, 1.807) is 29.0 Å². The van der Waals surface area contributed by atoms with Gasteiger partial charge in [-0.25, -0.2) is 4.39 Å². The van der Waals surface area contributed by atoms with Crippen LogP contribution in [-0.4, -0.2) is 67.2 Å². The van der Waals surface area contributed by atoms with Gasteiger partial charge in [-0.05, 0) is 24.3 Å². The molecule has 1 amide bonds. The number of aliphatic hydroxyl groups is 1. The number of piperazine rings is 1. The zero-order valence-electron chi connectivity index (χ0n) is 13.7. The molecule has 1 aliphatic rings. The van der Waals surface area contributed by atoms with Gasteiger partial charge in [0, 0.05) is 51.7 Å². The standard InChI is InChI=1S/C17H21FN4O2/c1-20(10-11-23)13-14(12-19)17(24)22-8-6-21(7-9-22)16-4-2-15(18)3-5-16/h2-5,13,23H,6-11H2,1H3/b14-13-. The first-order valence-corrected chi connectivity index (χ1v) is 7.78. The number of carbonyl (C=O) groups is 1. The van der Waals surface area contributed by atoms with E-state index in [4.69, 9.17) is 5.11 Å². The van der Waals surface area contributed by atoms with Crippen LogP contribution < -0.4 is 4.90 Å². The minimum Gasteiger partial charge on any atom is -0.395 e. The number of hydrogen-bond donors (Lipinski definition) is 1. The highest BCUT2D eigenvalue weighted by atomic mass is 19.1. The van der Waals surface area contributed by atoms with Gasteiger partial charge in [0.25, 0.3) is 5.91 Å². The van der Waals surface area contributed by atoms with Crippen molar-refractivity contribution in [3.63, 3.8) is 0 Å². The van der Waals surface area contributed by atoms with Gasteiger partial charge in [0.1, 0.15) is 17.5 Å². The van der Waals surface area contributed by atoms with Crippen molar-refractivity contribution in [3.05, 3.63) is 41.9 Å². The van der Waals surface area contributed by atoms with Crippen LogP contribution in [-0.2, 0) is 4.79 Å². The maximum atomic E-state index is 13.0. The third-order valence-electron chi connectivity index (χ3n) is 3.91. The molecule has 0 radical (unpaired) electrons. The van der Waals surface area contributed by atoms with Gasteiger partial charge in [0.15, 0.2) is 0 Å². The SMILES string of the molecule is CN(/C=C(/C#N)C(=O)N1CCN(c2ccc(F)cc2)CC1)CCO. The Balaban J connectivity index is 1.96. The number of likely N-dealkylation sites (N-methyl/N-ethyl adjacent to an activating group) is 1. The molecule has 128 valence electrons. The Morgan fingerprint density at radius 3 is 2.50 bits per heavy atom. The number of rotatable bonds is 5. The van der Waals surface area contributed by atoms with E-state index in [9.17, 15) is 14.4 Å². The van der Waals surface area contributed by atoms with Crippen LogP contribution >= 0.6 is 0 Å². The Morgan fingerprint density at radius 1 is 1.33 bits per heavy atom. The fourth-order valence-electron chi connectivity index (χ4n) is 2.56. The van der Waals surface area contributed by atoms with Gasteiger partial charge in [-0.15, -0.1) is 0 Å². The highest BCUT2D eigenvalue weighted by Gasteiger charge is 2.24. The molecule has 1 aromatic rings. The minimum atomic E-state index is -0.305. The van der Waals surface area contributed by atoms with Gasteiger partial charge in [-0.2, -0.15) is 5.26 Å². The predicted molar refractivity (Wildman–Crippen MR) is 88.6 cm³/mol. The Labute approximate surface area is 141 Å². The number of nitrogens with zero attached hydrogens (tertiary/aromatic N) is 4. The maximum absolute atomic E-state index is 13.0. The lowest BCUT2D eigenvalue weighted by atomic mass is 10.2. The molecule has 0 bridgehead atoms. The van der Waals surface area contributed by atoms with Crippen LogP contribution in [0.15, 0.2) is 36.0 Å². The molecule has 6 nitrogen and oxygen atoms in total.